The molecule has 0 aromatic heterocycles. The van der Waals surface area contributed by atoms with Crippen molar-refractivity contribution in [3.05, 3.63) is 5.92 Å². The van der Waals surface area contributed by atoms with Crippen LogP contribution in [0.2, 0.25) is 0 Å². The van der Waals surface area contributed by atoms with Gasteiger partial charge in [0.05, 0.1) is 0 Å². The molecule has 1 nitrogen and oxygen atoms in total. The molecule has 0 saturated carbocycles. The highest BCUT2D eigenvalue weighted by atomic mass is 16.5. The lowest BCUT2D eigenvalue weighted by molar-refractivity contribution is 0.107. The molecule has 1 aliphatic rings. The first kappa shape index (κ1) is 5.10. The quantitative estimate of drug-likeness (QED) is 0.446. The van der Waals surface area contributed by atoms with Crippen molar-refractivity contribution in [1.29, 1.82) is 0 Å². The van der Waals surface area contributed by atoms with Crippen molar-refractivity contribution in [1.82, 2.24) is 0 Å². The average molecular weight is 99.2 g/mol. The highest BCUT2D eigenvalue weighted by molar-refractivity contribution is 4.85. The van der Waals surface area contributed by atoms with Gasteiger partial charge in [-0.1, -0.05) is 6.92 Å². The molecule has 1 heterocycles. The molecule has 0 aromatic rings. The van der Waals surface area contributed by atoms with Crippen molar-refractivity contribution in [2.75, 3.05) is 13.2 Å². The highest BCUT2D eigenvalue weighted by Gasteiger charge is 2.06. The van der Waals surface area contributed by atoms with Gasteiger partial charge >= 0.3 is 0 Å². The van der Waals surface area contributed by atoms with Gasteiger partial charge in [-0.15, -0.1) is 0 Å². The standard InChI is InChI=1S/C6H11O/c1-6-2-4-7-5-3-6/h2-5H2,1H3. The van der Waals surface area contributed by atoms with Crippen LogP contribution in [0.25, 0.3) is 0 Å². The molecule has 7 heavy (non-hydrogen) atoms. The summed E-state index contributed by atoms with van der Waals surface area (Å²) in [5.74, 6) is 1.59. The van der Waals surface area contributed by atoms with E-state index in [1.165, 1.54) is 12.8 Å². The minimum Gasteiger partial charge on any atom is -0.381 e. The van der Waals surface area contributed by atoms with E-state index in [9.17, 15) is 0 Å². The predicted molar refractivity (Wildman–Crippen MR) is 29.0 cm³/mol. The SMILES string of the molecule is C[C]1CCOCC1. The summed E-state index contributed by atoms with van der Waals surface area (Å²) < 4.78 is 5.12. The Hall–Kier alpha value is -0.0400. The van der Waals surface area contributed by atoms with Gasteiger partial charge in [0.1, 0.15) is 0 Å². The number of hydrogen-bond donors (Lipinski definition) is 0. The molecular weight excluding hydrogens is 88.1 g/mol. The lowest BCUT2D eigenvalue weighted by Gasteiger charge is -2.16. The molecule has 0 aliphatic carbocycles. The molecule has 1 heteroatoms. The minimum atomic E-state index is 0.950. The van der Waals surface area contributed by atoms with Gasteiger partial charge in [-0.05, 0) is 18.8 Å². The lowest BCUT2D eigenvalue weighted by atomic mass is 10.0. The van der Waals surface area contributed by atoms with Gasteiger partial charge in [0.15, 0.2) is 0 Å². The third kappa shape index (κ3) is 1.48. The van der Waals surface area contributed by atoms with Crippen LogP contribution in [0.4, 0.5) is 0 Å². The predicted octanol–water partition coefficient (Wildman–Crippen LogP) is 1.39. The summed E-state index contributed by atoms with van der Waals surface area (Å²) in [6, 6.07) is 0. The van der Waals surface area contributed by atoms with Gasteiger partial charge in [0.25, 0.3) is 0 Å². The van der Waals surface area contributed by atoms with Crippen LogP contribution >= 0.6 is 0 Å². The molecule has 1 rings (SSSR count). The van der Waals surface area contributed by atoms with Gasteiger partial charge < -0.3 is 4.74 Å². The van der Waals surface area contributed by atoms with Gasteiger partial charge in [-0.3, -0.25) is 0 Å². The van der Waals surface area contributed by atoms with E-state index in [2.05, 4.69) is 6.92 Å². The first-order valence-corrected chi connectivity index (χ1v) is 2.78. The summed E-state index contributed by atoms with van der Waals surface area (Å²) in [7, 11) is 0. The number of rotatable bonds is 0. The third-order valence-corrected chi connectivity index (χ3v) is 1.35. The van der Waals surface area contributed by atoms with Crippen molar-refractivity contribution in [3.63, 3.8) is 0 Å². The van der Waals surface area contributed by atoms with Gasteiger partial charge in [-0.25, -0.2) is 0 Å². The molecule has 1 saturated heterocycles. The van der Waals surface area contributed by atoms with Crippen LogP contribution in [-0.4, -0.2) is 13.2 Å². The number of hydrogen-bond acceptors (Lipinski definition) is 1. The Morgan fingerprint density at radius 3 is 2.14 bits per heavy atom. The maximum atomic E-state index is 5.12. The van der Waals surface area contributed by atoms with E-state index in [1.807, 2.05) is 0 Å². The second kappa shape index (κ2) is 2.31. The van der Waals surface area contributed by atoms with E-state index in [1.54, 1.807) is 5.92 Å². The molecule has 0 unspecified atom stereocenters. The smallest absolute Gasteiger partial charge is 0.0471 e. The van der Waals surface area contributed by atoms with Crippen LogP contribution in [0.5, 0.6) is 0 Å². The van der Waals surface area contributed by atoms with E-state index in [-0.39, 0.29) is 0 Å². The fraction of sp³-hybridized carbons (Fsp3) is 0.833. The normalized spacial score (nSPS) is 25.3. The Bertz CT molecular complexity index is 46.1. The maximum absolute atomic E-state index is 5.12. The van der Waals surface area contributed by atoms with E-state index in [0.29, 0.717) is 0 Å². The monoisotopic (exact) mass is 99.1 g/mol. The molecule has 0 spiro atoms. The van der Waals surface area contributed by atoms with Crippen LogP contribution in [0.1, 0.15) is 19.8 Å². The maximum Gasteiger partial charge on any atom is 0.0471 e. The van der Waals surface area contributed by atoms with E-state index in [4.69, 9.17) is 4.74 Å². The fourth-order valence-electron chi connectivity index (χ4n) is 0.720. The molecule has 1 aliphatic heterocycles. The first-order chi connectivity index (χ1) is 3.39. The Morgan fingerprint density at radius 1 is 1.29 bits per heavy atom. The topological polar surface area (TPSA) is 9.23 Å². The third-order valence-electron chi connectivity index (χ3n) is 1.35. The zero-order valence-corrected chi connectivity index (χ0v) is 4.74. The molecule has 0 amide bonds. The van der Waals surface area contributed by atoms with E-state index < -0.39 is 0 Å². The van der Waals surface area contributed by atoms with Crippen molar-refractivity contribution in [2.24, 2.45) is 0 Å². The Balaban J connectivity index is 2.12. The van der Waals surface area contributed by atoms with Crippen LogP contribution < -0.4 is 0 Å². The molecule has 1 fully saturated rings. The summed E-state index contributed by atoms with van der Waals surface area (Å²) in [5, 5.41) is 0. The molecule has 0 atom stereocenters. The summed E-state index contributed by atoms with van der Waals surface area (Å²) in [6.07, 6.45) is 2.36. The second-order valence-corrected chi connectivity index (χ2v) is 2.07. The summed E-state index contributed by atoms with van der Waals surface area (Å²) >= 11 is 0. The van der Waals surface area contributed by atoms with Gasteiger partial charge in [-0.2, -0.15) is 0 Å². The molecular formula is C6H11O. The van der Waals surface area contributed by atoms with E-state index >= 15 is 0 Å². The largest absolute Gasteiger partial charge is 0.381 e. The molecule has 41 valence electrons. The zero-order valence-electron chi connectivity index (χ0n) is 4.74. The van der Waals surface area contributed by atoms with Crippen LogP contribution in [0.3, 0.4) is 0 Å². The molecule has 0 aromatic carbocycles. The van der Waals surface area contributed by atoms with Crippen molar-refractivity contribution >= 4 is 0 Å². The van der Waals surface area contributed by atoms with Crippen LogP contribution in [0, 0.1) is 5.92 Å². The number of ether oxygens (including phenoxy) is 1. The van der Waals surface area contributed by atoms with E-state index in [0.717, 1.165) is 13.2 Å². The molecule has 0 N–H and O–H groups in total. The summed E-state index contributed by atoms with van der Waals surface area (Å²) in [4.78, 5) is 0. The van der Waals surface area contributed by atoms with Gasteiger partial charge in [0.2, 0.25) is 0 Å². The second-order valence-electron chi connectivity index (χ2n) is 2.07. The summed E-state index contributed by atoms with van der Waals surface area (Å²) in [6.45, 7) is 4.10. The average Bonchev–Trinajstić information content (AvgIpc) is 1.69. The van der Waals surface area contributed by atoms with Crippen LogP contribution in [-0.2, 0) is 4.74 Å². The fourth-order valence-corrected chi connectivity index (χ4v) is 0.720. The Morgan fingerprint density at radius 2 is 1.86 bits per heavy atom. The highest BCUT2D eigenvalue weighted by Crippen LogP contribution is 2.14. The Labute approximate surface area is 44.7 Å². The zero-order chi connectivity index (χ0) is 5.11. The lowest BCUT2D eigenvalue weighted by Crippen LogP contribution is -2.10. The van der Waals surface area contributed by atoms with Crippen molar-refractivity contribution in [2.45, 2.75) is 19.8 Å². The van der Waals surface area contributed by atoms with Gasteiger partial charge in [0, 0.05) is 13.2 Å². The minimum absolute atomic E-state index is 0.950. The van der Waals surface area contributed by atoms with Crippen molar-refractivity contribution < 1.29 is 4.74 Å². The summed E-state index contributed by atoms with van der Waals surface area (Å²) in [5.41, 5.74) is 0. The first-order valence-electron chi connectivity index (χ1n) is 2.78. The molecule has 0 bridgehead atoms. The van der Waals surface area contributed by atoms with Crippen LogP contribution in [0.15, 0.2) is 0 Å². The Kier molecular flexibility index (Phi) is 1.69. The molecule has 1 radical (unpaired) electrons. The van der Waals surface area contributed by atoms with Crippen molar-refractivity contribution in [3.8, 4) is 0 Å².